The molecule has 0 aliphatic rings. The van der Waals surface area contributed by atoms with Crippen molar-refractivity contribution in [3.63, 3.8) is 0 Å². The van der Waals surface area contributed by atoms with Gasteiger partial charge in [0.05, 0.1) is 5.56 Å². The van der Waals surface area contributed by atoms with Gasteiger partial charge >= 0.3 is 0 Å². The summed E-state index contributed by atoms with van der Waals surface area (Å²) in [5, 5.41) is 3.56. The Kier molecular flexibility index (Phi) is 4.62. The molecule has 3 rings (SSSR count). The number of halogens is 1. The maximum atomic E-state index is 13.3. The minimum absolute atomic E-state index is 0.200. The summed E-state index contributed by atoms with van der Waals surface area (Å²) in [5.74, 6) is 0.303. The molecule has 4 heteroatoms. The SMILES string of the molecule is CCc1c(C(C)C)ccc2oc(-c3ccc(F)cc3)c(C(=O)NC)c12. The largest absolute Gasteiger partial charge is 0.455 e. The molecule has 0 atom stereocenters. The molecule has 0 spiro atoms. The molecule has 3 nitrogen and oxygen atoms in total. The number of furan rings is 1. The molecule has 1 amide bonds. The lowest BCUT2D eigenvalue weighted by molar-refractivity contribution is 0.0964. The first kappa shape index (κ1) is 17.2. The van der Waals surface area contributed by atoms with Gasteiger partial charge in [-0.1, -0.05) is 26.8 Å². The van der Waals surface area contributed by atoms with Crippen molar-refractivity contribution in [2.24, 2.45) is 0 Å². The van der Waals surface area contributed by atoms with Gasteiger partial charge < -0.3 is 9.73 Å². The maximum absolute atomic E-state index is 13.3. The van der Waals surface area contributed by atoms with E-state index in [4.69, 9.17) is 4.42 Å². The van der Waals surface area contributed by atoms with Crippen molar-refractivity contribution in [2.45, 2.75) is 33.1 Å². The van der Waals surface area contributed by atoms with E-state index in [1.165, 1.54) is 17.7 Å². The molecule has 0 saturated heterocycles. The molecule has 1 heterocycles. The molecule has 0 aliphatic heterocycles. The zero-order chi connectivity index (χ0) is 18.1. The number of hydrogen-bond donors (Lipinski definition) is 1. The molecule has 3 aromatic rings. The first-order chi connectivity index (χ1) is 12.0. The highest BCUT2D eigenvalue weighted by atomic mass is 19.1. The second-order valence-corrected chi connectivity index (χ2v) is 6.41. The van der Waals surface area contributed by atoms with Crippen LogP contribution in [0.5, 0.6) is 0 Å². The molecule has 1 N–H and O–H groups in total. The van der Waals surface area contributed by atoms with Gasteiger partial charge in [-0.25, -0.2) is 4.39 Å². The fourth-order valence-electron chi connectivity index (χ4n) is 3.34. The summed E-state index contributed by atoms with van der Waals surface area (Å²) >= 11 is 0. The molecule has 0 saturated carbocycles. The van der Waals surface area contributed by atoms with Crippen LogP contribution in [0.3, 0.4) is 0 Å². The summed E-state index contributed by atoms with van der Waals surface area (Å²) in [6.07, 6.45) is 0.803. The van der Waals surface area contributed by atoms with E-state index in [0.717, 1.165) is 17.4 Å². The van der Waals surface area contributed by atoms with E-state index < -0.39 is 0 Å². The summed E-state index contributed by atoms with van der Waals surface area (Å²) < 4.78 is 19.3. The van der Waals surface area contributed by atoms with E-state index in [1.807, 2.05) is 6.07 Å². The average molecular weight is 339 g/mol. The number of amides is 1. The Morgan fingerprint density at radius 1 is 1.16 bits per heavy atom. The van der Waals surface area contributed by atoms with Crippen LogP contribution in [0.15, 0.2) is 40.8 Å². The summed E-state index contributed by atoms with van der Waals surface area (Å²) in [7, 11) is 1.60. The predicted octanol–water partition coefficient (Wildman–Crippen LogP) is 5.28. The van der Waals surface area contributed by atoms with Gasteiger partial charge in [-0.05, 0) is 53.8 Å². The highest BCUT2D eigenvalue weighted by Gasteiger charge is 2.25. The third-order valence-corrected chi connectivity index (χ3v) is 4.54. The number of fused-ring (bicyclic) bond motifs is 1. The van der Waals surface area contributed by atoms with Crippen molar-refractivity contribution < 1.29 is 13.6 Å². The number of carbonyl (C=O) groups excluding carboxylic acids is 1. The number of aryl methyl sites for hydroxylation is 1. The summed E-state index contributed by atoms with van der Waals surface area (Å²) in [5.41, 5.74) is 4.22. The zero-order valence-corrected chi connectivity index (χ0v) is 14.9. The van der Waals surface area contributed by atoms with Gasteiger partial charge in [-0.2, -0.15) is 0 Å². The van der Waals surface area contributed by atoms with E-state index >= 15 is 0 Å². The van der Waals surface area contributed by atoms with Crippen LogP contribution < -0.4 is 5.32 Å². The van der Waals surface area contributed by atoms with Gasteiger partial charge in [0.1, 0.15) is 17.2 Å². The van der Waals surface area contributed by atoms with Crippen LogP contribution in [0.1, 0.15) is 48.2 Å². The smallest absolute Gasteiger partial charge is 0.255 e. The van der Waals surface area contributed by atoms with E-state index in [1.54, 1.807) is 19.2 Å². The highest BCUT2D eigenvalue weighted by molar-refractivity contribution is 6.12. The van der Waals surface area contributed by atoms with Crippen molar-refractivity contribution in [1.29, 1.82) is 0 Å². The van der Waals surface area contributed by atoms with Gasteiger partial charge in [-0.3, -0.25) is 4.79 Å². The number of benzene rings is 2. The van der Waals surface area contributed by atoms with Crippen LogP contribution in [-0.2, 0) is 6.42 Å². The quantitative estimate of drug-likeness (QED) is 0.702. The van der Waals surface area contributed by atoms with E-state index in [9.17, 15) is 9.18 Å². The van der Waals surface area contributed by atoms with Crippen LogP contribution in [0.4, 0.5) is 4.39 Å². The molecular weight excluding hydrogens is 317 g/mol. The number of rotatable bonds is 4. The third kappa shape index (κ3) is 2.93. The Morgan fingerprint density at radius 2 is 1.84 bits per heavy atom. The normalized spacial score (nSPS) is 11.3. The topological polar surface area (TPSA) is 42.2 Å². The summed E-state index contributed by atoms with van der Waals surface area (Å²) in [4.78, 5) is 12.7. The molecule has 2 aromatic carbocycles. The fraction of sp³-hybridized carbons (Fsp3) is 0.286. The molecule has 1 aromatic heterocycles. The molecular formula is C21H22FNO2. The maximum Gasteiger partial charge on any atom is 0.255 e. The lowest BCUT2D eigenvalue weighted by Gasteiger charge is -2.13. The van der Waals surface area contributed by atoms with Crippen molar-refractivity contribution in [2.75, 3.05) is 7.05 Å². The second kappa shape index (κ2) is 6.71. The number of nitrogens with one attached hydrogen (secondary N) is 1. The van der Waals surface area contributed by atoms with Crippen LogP contribution in [-0.4, -0.2) is 13.0 Å². The number of carbonyl (C=O) groups is 1. The van der Waals surface area contributed by atoms with Crippen LogP contribution in [0.2, 0.25) is 0 Å². The second-order valence-electron chi connectivity index (χ2n) is 6.41. The Balaban J connectivity index is 2.38. The van der Waals surface area contributed by atoms with Crippen LogP contribution >= 0.6 is 0 Å². The standard InChI is InChI=1S/C21H22FNO2/c1-5-15-16(12(2)3)10-11-17-18(15)19(21(24)23-4)20(25-17)13-6-8-14(22)9-7-13/h6-12H,5H2,1-4H3,(H,23,24). The molecule has 25 heavy (non-hydrogen) atoms. The van der Waals surface area contributed by atoms with Gasteiger partial charge in [0.25, 0.3) is 5.91 Å². The van der Waals surface area contributed by atoms with Crippen molar-refractivity contribution in [1.82, 2.24) is 5.32 Å². The van der Waals surface area contributed by atoms with Gasteiger partial charge in [0.2, 0.25) is 0 Å². The average Bonchev–Trinajstić information content (AvgIpc) is 3.00. The monoisotopic (exact) mass is 339 g/mol. The highest BCUT2D eigenvalue weighted by Crippen LogP contribution is 2.38. The first-order valence-electron chi connectivity index (χ1n) is 8.54. The Labute approximate surface area is 146 Å². The van der Waals surface area contributed by atoms with Gasteiger partial charge in [0.15, 0.2) is 0 Å². The van der Waals surface area contributed by atoms with E-state index in [0.29, 0.717) is 28.4 Å². The molecule has 130 valence electrons. The van der Waals surface area contributed by atoms with Crippen molar-refractivity contribution >= 4 is 16.9 Å². The van der Waals surface area contributed by atoms with Crippen molar-refractivity contribution in [3.05, 3.63) is 58.9 Å². The lowest BCUT2D eigenvalue weighted by atomic mass is 9.90. The minimum atomic E-state index is -0.322. The Bertz CT molecular complexity index is 923. The Hall–Kier alpha value is -2.62. The zero-order valence-electron chi connectivity index (χ0n) is 14.9. The summed E-state index contributed by atoms with van der Waals surface area (Å²) in [6, 6.07) is 10.00. The predicted molar refractivity (Wildman–Crippen MR) is 98.5 cm³/mol. The molecule has 0 aliphatic carbocycles. The van der Waals surface area contributed by atoms with Crippen LogP contribution in [0.25, 0.3) is 22.3 Å². The third-order valence-electron chi connectivity index (χ3n) is 4.54. The van der Waals surface area contributed by atoms with Gasteiger partial charge in [0, 0.05) is 18.0 Å². The van der Waals surface area contributed by atoms with E-state index in [2.05, 4.69) is 32.2 Å². The minimum Gasteiger partial charge on any atom is -0.455 e. The molecule has 0 unspecified atom stereocenters. The van der Waals surface area contributed by atoms with Crippen molar-refractivity contribution in [3.8, 4) is 11.3 Å². The van der Waals surface area contributed by atoms with E-state index in [-0.39, 0.29) is 11.7 Å². The Morgan fingerprint density at radius 3 is 2.40 bits per heavy atom. The molecule has 0 radical (unpaired) electrons. The molecule has 0 fully saturated rings. The fourth-order valence-corrected chi connectivity index (χ4v) is 3.34. The lowest BCUT2D eigenvalue weighted by Crippen LogP contribution is -2.18. The van der Waals surface area contributed by atoms with Crippen LogP contribution in [0, 0.1) is 5.82 Å². The number of hydrogen-bond acceptors (Lipinski definition) is 2. The first-order valence-corrected chi connectivity index (χ1v) is 8.54. The van der Waals surface area contributed by atoms with Gasteiger partial charge in [-0.15, -0.1) is 0 Å². The summed E-state index contributed by atoms with van der Waals surface area (Å²) in [6.45, 7) is 6.36. The molecule has 0 bridgehead atoms.